The summed E-state index contributed by atoms with van der Waals surface area (Å²) in [6.07, 6.45) is 3.49. The van der Waals surface area contributed by atoms with Crippen LogP contribution in [0.1, 0.15) is 32.1 Å². The Morgan fingerprint density at radius 3 is 2.68 bits per heavy atom. The average molecular weight is 291 g/mol. The lowest BCUT2D eigenvalue weighted by Gasteiger charge is -2.26. The lowest BCUT2D eigenvalue weighted by atomic mass is 10.1. The Balaban J connectivity index is 2.03. The smallest absolute Gasteiger partial charge is 0.310 e. The average Bonchev–Trinajstić information content (AvgIpc) is 2.88. The normalized spacial score (nSPS) is 32.2. The van der Waals surface area contributed by atoms with Crippen molar-refractivity contribution in [2.45, 2.75) is 43.4 Å². The summed E-state index contributed by atoms with van der Waals surface area (Å²) in [6, 6.07) is -0.169. The highest BCUT2D eigenvalue weighted by molar-refractivity contribution is 7.90. The third-order valence-corrected chi connectivity index (χ3v) is 5.87. The summed E-state index contributed by atoms with van der Waals surface area (Å²) in [7, 11) is -2.20. The van der Waals surface area contributed by atoms with E-state index in [1.54, 1.807) is 0 Å². The first kappa shape index (κ1) is 14.7. The van der Waals surface area contributed by atoms with Crippen LogP contribution in [0.15, 0.2) is 0 Å². The van der Waals surface area contributed by atoms with Gasteiger partial charge < -0.3 is 9.47 Å². The van der Waals surface area contributed by atoms with Gasteiger partial charge >= 0.3 is 5.97 Å². The molecule has 0 bridgehead atoms. The van der Waals surface area contributed by atoms with Crippen LogP contribution in [0.3, 0.4) is 0 Å². The maximum absolute atomic E-state index is 12.4. The topological polar surface area (TPSA) is 81.7 Å². The molecule has 1 saturated heterocycles. The second-order valence-electron chi connectivity index (χ2n) is 5.18. The van der Waals surface area contributed by atoms with E-state index in [1.807, 2.05) is 0 Å². The zero-order chi connectivity index (χ0) is 13.9. The van der Waals surface area contributed by atoms with Crippen molar-refractivity contribution >= 4 is 16.0 Å². The van der Waals surface area contributed by atoms with E-state index in [-0.39, 0.29) is 6.04 Å². The van der Waals surface area contributed by atoms with Crippen LogP contribution >= 0.6 is 0 Å². The number of rotatable bonds is 4. The van der Waals surface area contributed by atoms with Gasteiger partial charge in [-0.1, -0.05) is 6.42 Å². The summed E-state index contributed by atoms with van der Waals surface area (Å²) in [5, 5.41) is -0.665. The van der Waals surface area contributed by atoms with Crippen molar-refractivity contribution in [2.24, 2.45) is 5.92 Å². The molecule has 0 aromatic carbocycles. The van der Waals surface area contributed by atoms with Crippen molar-refractivity contribution in [3.05, 3.63) is 0 Å². The first-order chi connectivity index (χ1) is 9.04. The van der Waals surface area contributed by atoms with Gasteiger partial charge in [0.05, 0.1) is 24.9 Å². The molecule has 2 fully saturated rings. The van der Waals surface area contributed by atoms with Crippen LogP contribution in [0.25, 0.3) is 0 Å². The standard InChI is InChI=1S/C12H21NO5S/c1-17-12(14)10-5-2-6-11(10)19(15,16)13-9-4-3-7-18-8-9/h9-11,13H,2-8H2,1H3. The predicted octanol–water partition coefficient (Wildman–Crippen LogP) is 0.427. The van der Waals surface area contributed by atoms with Crippen LogP contribution in [0.2, 0.25) is 0 Å². The first-order valence-electron chi connectivity index (χ1n) is 6.71. The van der Waals surface area contributed by atoms with E-state index in [1.165, 1.54) is 7.11 Å². The van der Waals surface area contributed by atoms with E-state index < -0.39 is 27.2 Å². The second-order valence-corrected chi connectivity index (χ2v) is 7.11. The minimum atomic E-state index is -3.49. The zero-order valence-electron chi connectivity index (χ0n) is 11.1. The van der Waals surface area contributed by atoms with Crippen molar-refractivity contribution in [3.8, 4) is 0 Å². The van der Waals surface area contributed by atoms with Gasteiger partial charge in [-0.25, -0.2) is 13.1 Å². The van der Waals surface area contributed by atoms with E-state index in [4.69, 9.17) is 9.47 Å². The van der Waals surface area contributed by atoms with Crippen molar-refractivity contribution < 1.29 is 22.7 Å². The molecule has 1 heterocycles. The van der Waals surface area contributed by atoms with Gasteiger partial charge in [0.2, 0.25) is 10.0 Å². The third-order valence-electron chi connectivity index (χ3n) is 3.85. The number of hydrogen-bond acceptors (Lipinski definition) is 5. The molecule has 0 spiro atoms. The highest BCUT2D eigenvalue weighted by Crippen LogP contribution is 2.32. The van der Waals surface area contributed by atoms with Gasteiger partial charge in [0.25, 0.3) is 0 Å². The van der Waals surface area contributed by atoms with Crippen LogP contribution in [-0.4, -0.2) is 46.0 Å². The molecular formula is C12H21NO5S. The summed E-state index contributed by atoms with van der Waals surface area (Å²) >= 11 is 0. The largest absolute Gasteiger partial charge is 0.469 e. The quantitative estimate of drug-likeness (QED) is 0.759. The molecule has 2 aliphatic rings. The van der Waals surface area contributed by atoms with Gasteiger partial charge in [0.1, 0.15) is 0 Å². The molecule has 1 aliphatic carbocycles. The fourth-order valence-electron chi connectivity index (χ4n) is 2.87. The number of ether oxygens (including phenoxy) is 2. The third kappa shape index (κ3) is 3.46. The van der Waals surface area contributed by atoms with E-state index in [9.17, 15) is 13.2 Å². The van der Waals surface area contributed by atoms with Gasteiger partial charge in [0.15, 0.2) is 0 Å². The monoisotopic (exact) mass is 291 g/mol. The summed E-state index contributed by atoms with van der Waals surface area (Å²) in [6.45, 7) is 1.10. The van der Waals surface area contributed by atoms with Crippen molar-refractivity contribution in [1.29, 1.82) is 0 Å². The Labute approximate surface area is 113 Å². The second kappa shape index (κ2) is 6.19. The Morgan fingerprint density at radius 1 is 1.26 bits per heavy atom. The maximum Gasteiger partial charge on any atom is 0.310 e. The Morgan fingerprint density at radius 2 is 2.05 bits per heavy atom. The van der Waals surface area contributed by atoms with Crippen molar-refractivity contribution in [2.75, 3.05) is 20.3 Å². The van der Waals surface area contributed by atoms with E-state index in [2.05, 4.69) is 4.72 Å². The van der Waals surface area contributed by atoms with Crippen molar-refractivity contribution in [1.82, 2.24) is 4.72 Å². The minimum absolute atomic E-state index is 0.169. The summed E-state index contributed by atoms with van der Waals surface area (Å²) < 4.78 is 37.4. The minimum Gasteiger partial charge on any atom is -0.469 e. The fourth-order valence-corrected chi connectivity index (χ4v) is 4.85. The number of sulfonamides is 1. The van der Waals surface area contributed by atoms with E-state index in [0.717, 1.165) is 19.3 Å². The summed E-state index contributed by atoms with van der Waals surface area (Å²) in [5.41, 5.74) is 0. The zero-order valence-corrected chi connectivity index (χ0v) is 11.9. The number of hydrogen-bond donors (Lipinski definition) is 1. The molecule has 0 aromatic heterocycles. The predicted molar refractivity (Wildman–Crippen MR) is 69.0 cm³/mol. The van der Waals surface area contributed by atoms with E-state index >= 15 is 0 Å². The SMILES string of the molecule is COC(=O)C1CCCC1S(=O)(=O)NC1CCCOC1. The molecule has 0 aromatic rings. The molecule has 1 N–H and O–H groups in total. The molecule has 0 amide bonds. The van der Waals surface area contributed by atoms with Gasteiger partial charge in [0, 0.05) is 12.6 Å². The molecule has 19 heavy (non-hydrogen) atoms. The lowest BCUT2D eigenvalue weighted by molar-refractivity contribution is -0.145. The molecule has 3 atom stereocenters. The molecule has 7 heteroatoms. The van der Waals surface area contributed by atoms with Gasteiger partial charge in [-0.15, -0.1) is 0 Å². The summed E-state index contributed by atoms with van der Waals surface area (Å²) in [5.74, 6) is -0.959. The Hall–Kier alpha value is -0.660. The molecule has 3 unspecified atom stereocenters. The molecule has 6 nitrogen and oxygen atoms in total. The fraction of sp³-hybridized carbons (Fsp3) is 0.917. The summed E-state index contributed by atoms with van der Waals surface area (Å²) in [4.78, 5) is 11.6. The van der Waals surface area contributed by atoms with Crippen LogP contribution in [-0.2, 0) is 24.3 Å². The van der Waals surface area contributed by atoms with Gasteiger partial charge in [-0.05, 0) is 25.7 Å². The number of methoxy groups -OCH3 is 1. The number of esters is 1. The first-order valence-corrected chi connectivity index (χ1v) is 8.26. The van der Waals surface area contributed by atoms with Gasteiger partial charge in [-0.2, -0.15) is 0 Å². The maximum atomic E-state index is 12.4. The molecule has 1 saturated carbocycles. The molecule has 0 radical (unpaired) electrons. The Bertz CT molecular complexity index is 416. The highest BCUT2D eigenvalue weighted by atomic mass is 32.2. The number of nitrogens with one attached hydrogen (secondary N) is 1. The molecule has 110 valence electrons. The van der Waals surface area contributed by atoms with E-state index in [0.29, 0.717) is 26.1 Å². The Kier molecular flexibility index (Phi) is 4.81. The van der Waals surface area contributed by atoms with Crippen LogP contribution in [0.5, 0.6) is 0 Å². The van der Waals surface area contributed by atoms with Crippen molar-refractivity contribution in [3.63, 3.8) is 0 Å². The molecular weight excluding hydrogens is 270 g/mol. The highest BCUT2D eigenvalue weighted by Gasteiger charge is 2.42. The van der Waals surface area contributed by atoms with Crippen LogP contribution < -0.4 is 4.72 Å². The number of carbonyl (C=O) groups is 1. The van der Waals surface area contributed by atoms with Gasteiger partial charge in [-0.3, -0.25) is 4.79 Å². The lowest BCUT2D eigenvalue weighted by Crippen LogP contribution is -2.46. The van der Waals surface area contributed by atoms with Crippen LogP contribution in [0, 0.1) is 5.92 Å². The molecule has 1 aliphatic heterocycles. The molecule has 2 rings (SSSR count). The number of carbonyl (C=O) groups excluding carboxylic acids is 1. The van der Waals surface area contributed by atoms with Crippen LogP contribution in [0.4, 0.5) is 0 Å².